The second-order valence-electron chi connectivity index (χ2n) is 4.45. The number of anilines is 1. The predicted octanol–water partition coefficient (Wildman–Crippen LogP) is 1.24. The van der Waals surface area contributed by atoms with Crippen LogP contribution in [0.3, 0.4) is 0 Å². The third-order valence-electron chi connectivity index (χ3n) is 2.71. The summed E-state index contributed by atoms with van der Waals surface area (Å²) in [5.74, 6) is -0.122. The molecular formula is C13H16N2O3S. The summed E-state index contributed by atoms with van der Waals surface area (Å²) in [6.07, 6.45) is 1.17. The largest absolute Gasteiger partial charge is 0.373 e. The van der Waals surface area contributed by atoms with Gasteiger partial charge in [0.25, 0.3) is 0 Å². The molecule has 0 aliphatic carbocycles. The number of carbonyl (C=O) groups excluding carboxylic acids is 1. The molecule has 0 aromatic heterocycles. The van der Waals surface area contributed by atoms with E-state index in [0.29, 0.717) is 16.8 Å². The fourth-order valence-corrected chi connectivity index (χ4v) is 2.24. The maximum absolute atomic E-state index is 11.5. The maximum Gasteiger partial charge on any atom is 0.161 e. The molecule has 19 heavy (non-hydrogen) atoms. The number of sulfone groups is 1. The summed E-state index contributed by atoms with van der Waals surface area (Å²) < 4.78 is 22.3. The molecule has 0 bridgehead atoms. The van der Waals surface area contributed by atoms with Gasteiger partial charge < -0.3 is 4.90 Å². The van der Waals surface area contributed by atoms with Crippen LogP contribution in [-0.2, 0) is 9.84 Å². The van der Waals surface area contributed by atoms with E-state index in [1.807, 2.05) is 6.07 Å². The second-order valence-corrected chi connectivity index (χ2v) is 6.71. The SMILES string of the molecule is CC(=O)c1ccc(C#N)cc1N(C)CCS(C)(=O)=O. The van der Waals surface area contributed by atoms with Gasteiger partial charge >= 0.3 is 0 Å². The van der Waals surface area contributed by atoms with Gasteiger partial charge in [-0.05, 0) is 25.1 Å². The molecule has 0 unspecified atom stereocenters. The Labute approximate surface area is 113 Å². The summed E-state index contributed by atoms with van der Waals surface area (Å²) >= 11 is 0. The van der Waals surface area contributed by atoms with Gasteiger partial charge in [0, 0.05) is 31.1 Å². The van der Waals surface area contributed by atoms with Crippen molar-refractivity contribution < 1.29 is 13.2 Å². The number of hydrogen-bond acceptors (Lipinski definition) is 5. The van der Waals surface area contributed by atoms with Crippen LogP contribution in [-0.4, -0.2) is 39.8 Å². The summed E-state index contributed by atoms with van der Waals surface area (Å²) in [6, 6.07) is 6.77. The van der Waals surface area contributed by atoms with Crippen molar-refractivity contribution in [2.45, 2.75) is 6.92 Å². The van der Waals surface area contributed by atoms with Gasteiger partial charge in [0.15, 0.2) is 5.78 Å². The van der Waals surface area contributed by atoms with E-state index in [9.17, 15) is 13.2 Å². The molecule has 0 fully saturated rings. The number of Topliss-reactive ketones (excluding diaryl/α,β-unsaturated/α-hetero) is 1. The number of nitriles is 1. The first-order valence-electron chi connectivity index (χ1n) is 5.68. The Morgan fingerprint density at radius 2 is 2.05 bits per heavy atom. The van der Waals surface area contributed by atoms with E-state index in [-0.39, 0.29) is 18.1 Å². The molecule has 5 nitrogen and oxygen atoms in total. The molecule has 1 aromatic carbocycles. The Morgan fingerprint density at radius 1 is 1.42 bits per heavy atom. The van der Waals surface area contributed by atoms with Gasteiger partial charge in [-0.25, -0.2) is 8.42 Å². The lowest BCUT2D eigenvalue weighted by Gasteiger charge is -2.21. The van der Waals surface area contributed by atoms with Crippen LogP contribution in [0.25, 0.3) is 0 Å². The van der Waals surface area contributed by atoms with Gasteiger partial charge in [-0.3, -0.25) is 4.79 Å². The van der Waals surface area contributed by atoms with Gasteiger partial charge in [0.05, 0.1) is 17.4 Å². The quantitative estimate of drug-likeness (QED) is 0.758. The van der Waals surface area contributed by atoms with E-state index in [1.165, 1.54) is 13.2 Å². The molecule has 0 aliphatic rings. The zero-order valence-corrected chi connectivity index (χ0v) is 12.0. The number of benzene rings is 1. The first-order chi connectivity index (χ1) is 8.74. The van der Waals surface area contributed by atoms with Crippen molar-refractivity contribution in [2.75, 3.05) is 30.5 Å². The second kappa shape index (κ2) is 5.85. The van der Waals surface area contributed by atoms with E-state index < -0.39 is 9.84 Å². The fraction of sp³-hybridized carbons (Fsp3) is 0.385. The minimum atomic E-state index is -3.07. The molecule has 0 amide bonds. The molecule has 0 heterocycles. The topological polar surface area (TPSA) is 78.2 Å². The maximum atomic E-state index is 11.5. The summed E-state index contributed by atoms with van der Waals surface area (Å²) in [6.45, 7) is 1.71. The first-order valence-corrected chi connectivity index (χ1v) is 7.74. The number of rotatable bonds is 5. The minimum absolute atomic E-state index is 0.00236. The molecule has 6 heteroatoms. The molecule has 1 rings (SSSR count). The van der Waals surface area contributed by atoms with Crippen LogP contribution in [0.5, 0.6) is 0 Å². The van der Waals surface area contributed by atoms with Crippen molar-refractivity contribution >= 4 is 21.3 Å². The smallest absolute Gasteiger partial charge is 0.161 e. The van der Waals surface area contributed by atoms with Crippen molar-refractivity contribution in [1.29, 1.82) is 5.26 Å². The van der Waals surface area contributed by atoms with Crippen molar-refractivity contribution in [3.8, 4) is 6.07 Å². The molecular weight excluding hydrogens is 264 g/mol. The van der Waals surface area contributed by atoms with E-state index in [1.54, 1.807) is 30.1 Å². The van der Waals surface area contributed by atoms with Gasteiger partial charge in [-0.1, -0.05) is 0 Å². The average molecular weight is 280 g/mol. The van der Waals surface area contributed by atoms with E-state index in [4.69, 9.17) is 5.26 Å². The molecule has 102 valence electrons. The Morgan fingerprint density at radius 3 is 2.53 bits per heavy atom. The lowest BCUT2D eigenvalue weighted by atomic mass is 10.1. The molecule has 0 saturated heterocycles. The summed E-state index contributed by atoms with van der Waals surface area (Å²) in [5, 5.41) is 8.88. The van der Waals surface area contributed by atoms with Gasteiger partial charge in [-0.2, -0.15) is 5.26 Å². The highest BCUT2D eigenvalue weighted by Gasteiger charge is 2.13. The Balaban J connectivity index is 3.09. The lowest BCUT2D eigenvalue weighted by molar-refractivity contribution is 0.101. The minimum Gasteiger partial charge on any atom is -0.373 e. The van der Waals surface area contributed by atoms with Crippen LogP contribution in [0.1, 0.15) is 22.8 Å². The van der Waals surface area contributed by atoms with Gasteiger partial charge in [-0.15, -0.1) is 0 Å². The first kappa shape index (κ1) is 15.2. The summed E-state index contributed by atoms with van der Waals surface area (Å²) in [4.78, 5) is 13.2. The van der Waals surface area contributed by atoms with Crippen LogP contribution in [0.4, 0.5) is 5.69 Å². The van der Waals surface area contributed by atoms with Gasteiger partial charge in [0.2, 0.25) is 0 Å². The van der Waals surface area contributed by atoms with Crippen molar-refractivity contribution in [3.63, 3.8) is 0 Å². The van der Waals surface area contributed by atoms with Crippen LogP contribution in [0.15, 0.2) is 18.2 Å². The third kappa shape index (κ3) is 4.38. The van der Waals surface area contributed by atoms with Crippen molar-refractivity contribution in [3.05, 3.63) is 29.3 Å². The number of hydrogen-bond donors (Lipinski definition) is 0. The normalized spacial score (nSPS) is 10.8. The molecule has 0 spiro atoms. The average Bonchev–Trinajstić information content (AvgIpc) is 2.34. The number of nitrogens with zero attached hydrogens (tertiary/aromatic N) is 2. The fourth-order valence-electron chi connectivity index (χ4n) is 1.64. The van der Waals surface area contributed by atoms with Crippen LogP contribution < -0.4 is 4.90 Å². The highest BCUT2D eigenvalue weighted by molar-refractivity contribution is 7.90. The molecule has 0 radical (unpaired) electrons. The zero-order valence-electron chi connectivity index (χ0n) is 11.2. The van der Waals surface area contributed by atoms with Crippen molar-refractivity contribution in [1.82, 2.24) is 0 Å². The van der Waals surface area contributed by atoms with E-state index in [0.717, 1.165) is 0 Å². The van der Waals surface area contributed by atoms with E-state index >= 15 is 0 Å². The zero-order chi connectivity index (χ0) is 14.6. The number of ketones is 1. The standard InChI is InChI=1S/C13H16N2O3S/c1-10(16)12-5-4-11(9-14)8-13(12)15(2)6-7-19(3,17)18/h4-5,8H,6-7H2,1-3H3. The van der Waals surface area contributed by atoms with Crippen molar-refractivity contribution in [2.24, 2.45) is 0 Å². The Hall–Kier alpha value is -1.87. The molecule has 0 aliphatic heterocycles. The Bertz CT molecular complexity index is 630. The van der Waals surface area contributed by atoms with Crippen LogP contribution in [0.2, 0.25) is 0 Å². The highest BCUT2D eigenvalue weighted by atomic mass is 32.2. The molecule has 1 aromatic rings. The lowest BCUT2D eigenvalue weighted by Crippen LogP contribution is -2.26. The molecule has 0 atom stereocenters. The highest BCUT2D eigenvalue weighted by Crippen LogP contribution is 2.21. The van der Waals surface area contributed by atoms with Crippen LogP contribution in [0, 0.1) is 11.3 Å². The summed E-state index contributed by atoms with van der Waals surface area (Å²) in [5.41, 5.74) is 1.50. The van der Waals surface area contributed by atoms with Gasteiger partial charge in [0.1, 0.15) is 9.84 Å². The third-order valence-corrected chi connectivity index (χ3v) is 3.64. The summed E-state index contributed by atoms with van der Waals surface area (Å²) in [7, 11) is -1.37. The number of carbonyl (C=O) groups is 1. The van der Waals surface area contributed by atoms with E-state index in [2.05, 4.69) is 0 Å². The Kier molecular flexibility index (Phi) is 4.67. The monoisotopic (exact) mass is 280 g/mol. The molecule has 0 saturated carbocycles. The van der Waals surface area contributed by atoms with Crippen LogP contribution >= 0.6 is 0 Å². The predicted molar refractivity (Wildman–Crippen MR) is 74.1 cm³/mol. The molecule has 0 N–H and O–H groups in total.